The number of nitrogens with zero attached hydrogens (tertiary/aromatic N) is 2. The first-order chi connectivity index (χ1) is 15.5. The van der Waals surface area contributed by atoms with Crippen molar-refractivity contribution in [1.82, 2.24) is 15.2 Å². The first kappa shape index (κ1) is 26.2. The minimum Gasteiger partial charge on any atom is -0.353 e. The van der Waals surface area contributed by atoms with Crippen LogP contribution in [0, 0.1) is 5.92 Å². The van der Waals surface area contributed by atoms with Crippen LogP contribution in [0.15, 0.2) is 0 Å². The zero-order valence-corrected chi connectivity index (χ0v) is 19.3. The smallest absolute Gasteiger partial charge is 0.353 e. The fourth-order valence-corrected chi connectivity index (χ4v) is 5.66. The highest BCUT2D eigenvalue weighted by molar-refractivity contribution is 7.11. The maximum atomic E-state index is 12.4. The summed E-state index contributed by atoms with van der Waals surface area (Å²) in [5, 5.41) is 3.31. The van der Waals surface area contributed by atoms with E-state index in [1.807, 2.05) is 0 Å². The SMILES string of the molecule is O=C(CCC(F)(F)F)N[C@H]1CC[C@H](CCN2CCc3nc(CCC(F)(F)F)sc3CC2)CC1. The van der Waals surface area contributed by atoms with Crippen LogP contribution in [0.25, 0.3) is 0 Å². The minimum atomic E-state index is -4.31. The highest BCUT2D eigenvalue weighted by Gasteiger charge is 2.30. The average molecular weight is 500 g/mol. The Balaban J connectivity index is 1.33. The quantitative estimate of drug-likeness (QED) is 0.484. The third-order valence-electron chi connectivity index (χ3n) is 6.47. The van der Waals surface area contributed by atoms with Gasteiger partial charge in [-0.25, -0.2) is 4.98 Å². The normalized spacial score (nSPS) is 22.6. The number of hydrogen-bond donors (Lipinski definition) is 1. The number of halogens is 6. The van der Waals surface area contributed by atoms with Crippen molar-refractivity contribution >= 4 is 17.2 Å². The number of aromatic nitrogens is 1. The van der Waals surface area contributed by atoms with Gasteiger partial charge in [0.25, 0.3) is 0 Å². The molecule has 1 fully saturated rings. The number of rotatable bonds is 8. The van der Waals surface area contributed by atoms with Gasteiger partial charge in [0.1, 0.15) is 0 Å². The summed E-state index contributed by atoms with van der Waals surface area (Å²) in [6, 6.07) is -0.0335. The molecule has 11 heteroatoms. The molecule has 1 aliphatic heterocycles. The summed E-state index contributed by atoms with van der Waals surface area (Å²) in [5.74, 6) is 0.0146. The molecule has 188 valence electrons. The van der Waals surface area contributed by atoms with E-state index in [-0.39, 0.29) is 12.5 Å². The summed E-state index contributed by atoms with van der Waals surface area (Å²) >= 11 is 1.41. The molecule has 0 saturated heterocycles. The molecule has 0 aromatic carbocycles. The lowest BCUT2D eigenvalue weighted by molar-refractivity contribution is -0.144. The van der Waals surface area contributed by atoms with Gasteiger partial charge in [0.2, 0.25) is 5.91 Å². The molecule has 1 aliphatic carbocycles. The maximum absolute atomic E-state index is 12.4. The topological polar surface area (TPSA) is 45.2 Å². The third kappa shape index (κ3) is 9.42. The number of carbonyl (C=O) groups excluding carboxylic acids is 1. The van der Waals surface area contributed by atoms with E-state index in [2.05, 4.69) is 15.2 Å². The summed E-state index contributed by atoms with van der Waals surface area (Å²) in [4.78, 5) is 19.6. The summed E-state index contributed by atoms with van der Waals surface area (Å²) < 4.78 is 74.0. The van der Waals surface area contributed by atoms with E-state index in [0.29, 0.717) is 10.9 Å². The summed E-state index contributed by atoms with van der Waals surface area (Å²) in [6.45, 7) is 2.67. The van der Waals surface area contributed by atoms with E-state index in [1.165, 1.54) is 11.3 Å². The second kappa shape index (κ2) is 11.4. The Labute approximate surface area is 194 Å². The van der Waals surface area contributed by atoms with Crippen LogP contribution in [0.3, 0.4) is 0 Å². The molecule has 2 aliphatic rings. The van der Waals surface area contributed by atoms with E-state index >= 15 is 0 Å². The van der Waals surface area contributed by atoms with Gasteiger partial charge in [-0.3, -0.25) is 4.79 Å². The molecule has 4 nitrogen and oxygen atoms in total. The van der Waals surface area contributed by atoms with Crippen molar-refractivity contribution in [2.24, 2.45) is 5.92 Å². The van der Waals surface area contributed by atoms with Gasteiger partial charge in [-0.2, -0.15) is 26.3 Å². The highest BCUT2D eigenvalue weighted by Crippen LogP contribution is 2.30. The largest absolute Gasteiger partial charge is 0.389 e. The van der Waals surface area contributed by atoms with Crippen LogP contribution < -0.4 is 5.32 Å². The van der Waals surface area contributed by atoms with Crippen LogP contribution in [0.1, 0.15) is 66.9 Å². The van der Waals surface area contributed by atoms with Gasteiger partial charge < -0.3 is 10.2 Å². The van der Waals surface area contributed by atoms with Gasteiger partial charge in [-0.05, 0) is 51.0 Å². The van der Waals surface area contributed by atoms with Crippen molar-refractivity contribution < 1.29 is 31.1 Å². The molecule has 33 heavy (non-hydrogen) atoms. The molecule has 1 aromatic heterocycles. The van der Waals surface area contributed by atoms with Gasteiger partial charge in [-0.1, -0.05) is 0 Å². The lowest BCUT2D eigenvalue weighted by atomic mass is 9.84. The van der Waals surface area contributed by atoms with Crippen LogP contribution in [-0.2, 0) is 24.1 Å². The maximum Gasteiger partial charge on any atom is 0.389 e. The lowest BCUT2D eigenvalue weighted by Crippen LogP contribution is -2.38. The molecule has 0 atom stereocenters. The predicted molar refractivity (Wildman–Crippen MR) is 114 cm³/mol. The monoisotopic (exact) mass is 499 g/mol. The van der Waals surface area contributed by atoms with Crippen LogP contribution in [0.5, 0.6) is 0 Å². The summed E-state index contributed by atoms with van der Waals surface area (Å²) in [7, 11) is 0. The van der Waals surface area contributed by atoms with Gasteiger partial charge in [0, 0.05) is 49.7 Å². The van der Waals surface area contributed by atoms with Crippen molar-refractivity contribution in [1.29, 1.82) is 0 Å². The van der Waals surface area contributed by atoms with E-state index in [0.717, 1.165) is 75.2 Å². The van der Waals surface area contributed by atoms with Crippen LogP contribution >= 0.6 is 11.3 Å². The molecule has 2 heterocycles. The van der Waals surface area contributed by atoms with Crippen molar-refractivity contribution in [3.63, 3.8) is 0 Å². The standard InChI is InChI=1S/C22H31F6N3OS/c23-21(24,25)10-5-19(32)29-16-3-1-15(2-4-16)7-12-31-13-8-17-18(9-14-31)33-20(30-17)6-11-22(26,27)28/h15-16H,1-14H2,(H,29,32)/t15-,16-. The summed E-state index contributed by atoms with van der Waals surface area (Å²) in [6.07, 6.45) is -4.82. The fourth-order valence-electron chi connectivity index (χ4n) is 4.56. The molecular formula is C22H31F6N3OS. The first-order valence-electron chi connectivity index (χ1n) is 11.6. The minimum absolute atomic E-state index is 0.0335. The van der Waals surface area contributed by atoms with Crippen LogP contribution in [0.4, 0.5) is 26.3 Å². The van der Waals surface area contributed by atoms with Crippen molar-refractivity contribution in [3.8, 4) is 0 Å². The lowest BCUT2D eigenvalue weighted by Gasteiger charge is -2.30. The molecule has 0 bridgehead atoms. The third-order valence-corrected chi connectivity index (χ3v) is 7.68. The molecule has 1 aromatic rings. The van der Waals surface area contributed by atoms with Gasteiger partial charge in [0.15, 0.2) is 0 Å². The number of aryl methyl sites for hydroxylation is 1. The second-order valence-corrected chi connectivity index (χ2v) is 10.3. The average Bonchev–Trinajstić information content (AvgIpc) is 3.03. The number of fused-ring (bicyclic) bond motifs is 1. The van der Waals surface area contributed by atoms with E-state index in [1.54, 1.807) is 0 Å². The molecule has 1 saturated carbocycles. The van der Waals surface area contributed by atoms with E-state index < -0.39 is 37.5 Å². The Morgan fingerprint density at radius 1 is 1.00 bits per heavy atom. The molecule has 1 N–H and O–H groups in total. The molecule has 0 unspecified atom stereocenters. The van der Waals surface area contributed by atoms with E-state index in [4.69, 9.17) is 0 Å². The first-order valence-corrected chi connectivity index (χ1v) is 12.4. The van der Waals surface area contributed by atoms with E-state index in [9.17, 15) is 31.1 Å². The van der Waals surface area contributed by atoms with Crippen molar-refractivity contribution in [2.45, 2.75) is 89.0 Å². The van der Waals surface area contributed by atoms with Crippen molar-refractivity contribution in [3.05, 3.63) is 15.6 Å². The van der Waals surface area contributed by atoms with Crippen LogP contribution in [0.2, 0.25) is 0 Å². The number of hydrogen-bond acceptors (Lipinski definition) is 4. The van der Waals surface area contributed by atoms with Crippen LogP contribution in [-0.4, -0.2) is 53.8 Å². The number of alkyl halides is 6. The molecule has 1 amide bonds. The molecule has 3 rings (SSSR count). The van der Waals surface area contributed by atoms with Gasteiger partial charge in [0.05, 0.1) is 17.1 Å². The van der Waals surface area contributed by atoms with Crippen molar-refractivity contribution in [2.75, 3.05) is 19.6 Å². The number of amides is 1. The van der Waals surface area contributed by atoms with Gasteiger partial charge in [-0.15, -0.1) is 11.3 Å². The zero-order chi connectivity index (χ0) is 24.1. The number of carbonyl (C=O) groups is 1. The number of thiazole rings is 1. The van der Waals surface area contributed by atoms with Gasteiger partial charge >= 0.3 is 12.4 Å². The summed E-state index contributed by atoms with van der Waals surface area (Å²) in [5.41, 5.74) is 0.946. The molecule has 0 spiro atoms. The second-order valence-electron chi connectivity index (χ2n) is 9.12. The fraction of sp³-hybridized carbons (Fsp3) is 0.818. The zero-order valence-electron chi connectivity index (χ0n) is 18.5. The molecular weight excluding hydrogens is 468 g/mol. The Bertz CT molecular complexity index is 746. The highest BCUT2D eigenvalue weighted by atomic mass is 32.1. The Morgan fingerprint density at radius 3 is 2.33 bits per heavy atom. The predicted octanol–water partition coefficient (Wildman–Crippen LogP) is 5.45. The Morgan fingerprint density at radius 2 is 1.67 bits per heavy atom. The Kier molecular flexibility index (Phi) is 9.05. The Hall–Kier alpha value is -1.36. The molecule has 0 radical (unpaired) electrons. The number of nitrogens with one attached hydrogen (secondary N) is 1.